The fourth-order valence-electron chi connectivity index (χ4n) is 1.16. The van der Waals surface area contributed by atoms with Gasteiger partial charge in [-0.25, -0.2) is 0 Å². The van der Waals surface area contributed by atoms with Crippen LogP contribution in [0.15, 0.2) is 12.3 Å². The molecule has 0 saturated heterocycles. The van der Waals surface area contributed by atoms with E-state index >= 15 is 0 Å². The van der Waals surface area contributed by atoms with Gasteiger partial charge in [0.1, 0.15) is 0 Å². The Labute approximate surface area is 79.4 Å². The zero-order valence-corrected chi connectivity index (χ0v) is 8.57. The minimum absolute atomic E-state index is 0.219. The fraction of sp³-hybridized carbons (Fsp3) is 0.700. The van der Waals surface area contributed by atoms with E-state index in [0.29, 0.717) is 5.92 Å². The van der Waals surface area contributed by atoms with Crippen molar-refractivity contribution in [3.8, 4) is 0 Å². The standard InChI is InChI=1S/C10H18N2O/c1-8(2)10-4-5-12(11-10)6-9(3)7-13/h4-5,8-9,13H,6-7H2,1-3H3/t9-/m1/s1. The Hall–Kier alpha value is -0.830. The van der Waals surface area contributed by atoms with Crippen molar-refractivity contribution in [3.63, 3.8) is 0 Å². The third kappa shape index (κ3) is 2.84. The van der Waals surface area contributed by atoms with Crippen LogP contribution in [0, 0.1) is 5.92 Å². The van der Waals surface area contributed by atoms with Crippen molar-refractivity contribution < 1.29 is 5.11 Å². The number of rotatable bonds is 4. The first-order valence-corrected chi connectivity index (χ1v) is 4.77. The van der Waals surface area contributed by atoms with Crippen molar-refractivity contribution in [1.29, 1.82) is 0 Å². The molecule has 74 valence electrons. The zero-order chi connectivity index (χ0) is 9.84. The van der Waals surface area contributed by atoms with Crippen LogP contribution in [-0.2, 0) is 6.54 Å². The molecular weight excluding hydrogens is 164 g/mol. The predicted molar refractivity (Wildman–Crippen MR) is 52.6 cm³/mol. The number of aliphatic hydroxyl groups is 1. The molecule has 3 nitrogen and oxygen atoms in total. The topological polar surface area (TPSA) is 38.0 Å². The summed E-state index contributed by atoms with van der Waals surface area (Å²) in [5, 5.41) is 13.3. The molecule has 0 aromatic carbocycles. The van der Waals surface area contributed by atoms with E-state index in [1.807, 2.05) is 23.9 Å². The molecule has 0 amide bonds. The molecule has 0 spiro atoms. The van der Waals surface area contributed by atoms with Gasteiger partial charge in [-0.15, -0.1) is 0 Å². The van der Waals surface area contributed by atoms with E-state index in [0.717, 1.165) is 12.2 Å². The minimum atomic E-state index is 0.219. The number of aliphatic hydroxyl groups excluding tert-OH is 1. The van der Waals surface area contributed by atoms with Crippen molar-refractivity contribution in [2.75, 3.05) is 6.61 Å². The summed E-state index contributed by atoms with van der Waals surface area (Å²) < 4.78 is 1.90. The Morgan fingerprint density at radius 1 is 1.46 bits per heavy atom. The van der Waals surface area contributed by atoms with Gasteiger partial charge in [-0.2, -0.15) is 5.10 Å². The maximum atomic E-state index is 8.87. The second-order valence-electron chi connectivity index (χ2n) is 3.91. The molecule has 0 aliphatic rings. The van der Waals surface area contributed by atoms with E-state index in [1.165, 1.54) is 0 Å². The number of hydrogen-bond acceptors (Lipinski definition) is 2. The Bertz CT molecular complexity index is 255. The predicted octanol–water partition coefficient (Wildman–Crippen LogP) is 1.63. The molecule has 0 fully saturated rings. The van der Waals surface area contributed by atoms with Crippen LogP contribution < -0.4 is 0 Å². The largest absolute Gasteiger partial charge is 0.396 e. The van der Waals surface area contributed by atoms with Gasteiger partial charge in [0, 0.05) is 19.3 Å². The Morgan fingerprint density at radius 2 is 2.15 bits per heavy atom. The third-order valence-electron chi connectivity index (χ3n) is 2.06. The molecule has 0 bridgehead atoms. The molecule has 13 heavy (non-hydrogen) atoms. The first-order valence-electron chi connectivity index (χ1n) is 4.77. The molecule has 1 aromatic heterocycles. The van der Waals surface area contributed by atoms with Crippen molar-refractivity contribution in [1.82, 2.24) is 9.78 Å². The van der Waals surface area contributed by atoms with Gasteiger partial charge in [-0.05, 0) is 17.9 Å². The van der Waals surface area contributed by atoms with Gasteiger partial charge < -0.3 is 5.11 Å². The number of hydrogen-bond donors (Lipinski definition) is 1. The molecule has 1 heterocycles. The summed E-state index contributed by atoms with van der Waals surface area (Å²) in [6.45, 7) is 7.28. The lowest BCUT2D eigenvalue weighted by molar-refractivity contribution is 0.219. The first kappa shape index (κ1) is 10.3. The summed E-state index contributed by atoms with van der Waals surface area (Å²) in [5.74, 6) is 0.755. The quantitative estimate of drug-likeness (QED) is 0.768. The van der Waals surface area contributed by atoms with E-state index in [1.54, 1.807) is 0 Å². The lowest BCUT2D eigenvalue weighted by Gasteiger charge is -2.07. The molecule has 1 N–H and O–H groups in total. The first-order chi connectivity index (χ1) is 6.13. The van der Waals surface area contributed by atoms with Gasteiger partial charge in [0.25, 0.3) is 0 Å². The second-order valence-corrected chi connectivity index (χ2v) is 3.91. The average molecular weight is 182 g/mol. The summed E-state index contributed by atoms with van der Waals surface area (Å²) >= 11 is 0. The zero-order valence-electron chi connectivity index (χ0n) is 8.57. The summed E-state index contributed by atoms with van der Waals surface area (Å²) in [7, 11) is 0. The normalized spacial score (nSPS) is 13.6. The highest BCUT2D eigenvalue weighted by Gasteiger charge is 2.05. The minimum Gasteiger partial charge on any atom is -0.396 e. The molecular formula is C10H18N2O. The molecule has 0 unspecified atom stereocenters. The van der Waals surface area contributed by atoms with Crippen LogP contribution in [-0.4, -0.2) is 21.5 Å². The van der Waals surface area contributed by atoms with E-state index < -0.39 is 0 Å². The smallest absolute Gasteiger partial charge is 0.0649 e. The van der Waals surface area contributed by atoms with Crippen LogP contribution in [0.3, 0.4) is 0 Å². The van der Waals surface area contributed by atoms with Crippen molar-refractivity contribution in [2.45, 2.75) is 33.2 Å². The monoisotopic (exact) mass is 182 g/mol. The van der Waals surface area contributed by atoms with Gasteiger partial charge in [0.2, 0.25) is 0 Å². The molecule has 0 aliphatic carbocycles. The van der Waals surface area contributed by atoms with Crippen LogP contribution in [0.1, 0.15) is 32.4 Å². The van der Waals surface area contributed by atoms with Gasteiger partial charge in [-0.1, -0.05) is 20.8 Å². The van der Waals surface area contributed by atoms with Crippen LogP contribution in [0.5, 0.6) is 0 Å². The lowest BCUT2D eigenvalue weighted by Crippen LogP contribution is -2.11. The highest BCUT2D eigenvalue weighted by atomic mass is 16.3. The molecule has 1 atom stereocenters. The summed E-state index contributed by atoms with van der Waals surface area (Å²) in [6.07, 6.45) is 1.97. The maximum absolute atomic E-state index is 8.87. The highest BCUT2D eigenvalue weighted by Crippen LogP contribution is 2.11. The Morgan fingerprint density at radius 3 is 2.62 bits per heavy atom. The van der Waals surface area contributed by atoms with Gasteiger partial charge in [0.05, 0.1) is 5.69 Å². The maximum Gasteiger partial charge on any atom is 0.0649 e. The molecule has 0 saturated carbocycles. The van der Waals surface area contributed by atoms with Crippen molar-refractivity contribution >= 4 is 0 Å². The van der Waals surface area contributed by atoms with E-state index in [4.69, 9.17) is 5.11 Å². The lowest BCUT2D eigenvalue weighted by atomic mass is 10.1. The summed E-state index contributed by atoms with van der Waals surface area (Å²) in [6, 6.07) is 2.04. The van der Waals surface area contributed by atoms with E-state index in [2.05, 4.69) is 18.9 Å². The van der Waals surface area contributed by atoms with E-state index in [-0.39, 0.29) is 12.5 Å². The number of aromatic nitrogens is 2. The fourth-order valence-corrected chi connectivity index (χ4v) is 1.16. The molecule has 0 radical (unpaired) electrons. The van der Waals surface area contributed by atoms with Crippen LogP contribution in [0.2, 0.25) is 0 Å². The molecule has 3 heteroatoms. The second kappa shape index (κ2) is 4.42. The number of nitrogens with zero attached hydrogens (tertiary/aromatic N) is 2. The van der Waals surface area contributed by atoms with Crippen LogP contribution in [0.25, 0.3) is 0 Å². The molecule has 1 rings (SSSR count). The average Bonchev–Trinajstić information content (AvgIpc) is 2.52. The SMILES string of the molecule is CC(C)c1ccn(C[C@@H](C)CO)n1. The highest BCUT2D eigenvalue weighted by molar-refractivity contribution is 5.03. The summed E-state index contributed by atoms with van der Waals surface area (Å²) in [5.41, 5.74) is 1.12. The van der Waals surface area contributed by atoms with Crippen molar-refractivity contribution in [2.24, 2.45) is 5.92 Å². The van der Waals surface area contributed by atoms with Gasteiger partial charge >= 0.3 is 0 Å². The van der Waals surface area contributed by atoms with Crippen molar-refractivity contribution in [3.05, 3.63) is 18.0 Å². The molecule has 1 aromatic rings. The Balaban J connectivity index is 2.58. The van der Waals surface area contributed by atoms with Crippen LogP contribution >= 0.6 is 0 Å². The third-order valence-corrected chi connectivity index (χ3v) is 2.06. The van der Waals surface area contributed by atoms with Gasteiger partial charge in [-0.3, -0.25) is 4.68 Å². The van der Waals surface area contributed by atoms with Crippen LogP contribution in [0.4, 0.5) is 0 Å². The summed E-state index contributed by atoms with van der Waals surface area (Å²) in [4.78, 5) is 0. The van der Waals surface area contributed by atoms with Gasteiger partial charge in [0.15, 0.2) is 0 Å². The molecule has 0 aliphatic heterocycles. The van der Waals surface area contributed by atoms with E-state index in [9.17, 15) is 0 Å². The Kier molecular flexibility index (Phi) is 3.48.